The molecule has 1 aromatic rings. The van der Waals surface area contributed by atoms with Gasteiger partial charge in [0.1, 0.15) is 5.75 Å². The van der Waals surface area contributed by atoms with Gasteiger partial charge in [0.2, 0.25) is 0 Å². The number of anilines is 1. The largest absolute Gasteiger partial charge is 0.508 e. The fourth-order valence-electron chi connectivity index (χ4n) is 1.88. The molecule has 1 N–H and O–H groups in total. The molecule has 0 bridgehead atoms. The molecular weight excluding hydrogens is 210 g/mol. The van der Waals surface area contributed by atoms with Crippen LogP contribution in [0.1, 0.15) is 40.0 Å². The van der Waals surface area contributed by atoms with E-state index in [2.05, 4.69) is 25.7 Å². The van der Waals surface area contributed by atoms with Gasteiger partial charge in [0, 0.05) is 18.8 Å². The summed E-state index contributed by atoms with van der Waals surface area (Å²) in [6.45, 7) is 8.95. The Morgan fingerprint density at radius 2 is 1.76 bits per heavy atom. The smallest absolute Gasteiger partial charge is 0.115 e. The van der Waals surface area contributed by atoms with Crippen LogP contribution >= 0.6 is 0 Å². The van der Waals surface area contributed by atoms with Crippen molar-refractivity contribution < 1.29 is 5.11 Å². The highest BCUT2D eigenvalue weighted by Crippen LogP contribution is 2.20. The van der Waals surface area contributed by atoms with Gasteiger partial charge in [-0.25, -0.2) is 0 Å². The maximum absolute atomic E-state index is 9.31. The van der Waals surface area contributed by atoms with E-state index in [1.54, 1.807) is 12.1 Å². The minimum Gasteiger partial charge on any atom is -0.508 e. The standard InChI is InChI=1S/C15H25NO/c1-4-11-16(12-10-13(3)5-2)14-6-8-15(17)9-7-14/h6-9,13,17H,4-5,10-12H2,1-3H3/t13-/m1/s1. The Labute approximate surface area is 105 Å². The Bertz CT molecular complexity index is 307. The highest BCUT2D eigenvalue weighted by Gasteiger charge is 2.07. The zero-order chi connectivity index (χ0) is 12.7. The van der Waals surface area contributed by atoms with E-state index in [9.17, 15) is 5.11 Å². The van der Waals surface area contributed by atoms with E-state index in [4.69, 9.17) is 0 Å². The Balaban J connectivity index is 2.61. The number of hydrogen-bond donors (Lipinski definition) is 1. The number of nitrogens with zero attached hydrogens (tertiary/aromatic N) is 1. The summed E-state index contributed by atoms with van der Waals surface area (Å²) in [6, 6.07) is 7.53. The van der Waals surface area contributed by atoms with Gasteiger partial charge >= 0.3 is 0 Å². The summed E-state index contributed by atoms with van der Waals surface area (Å²) in [5.74, 6) is 1.12. The van der Waals surface area contributed by atoms with Crippen molar-refractivity contribution in [3.63, 3.8) is 0 Å². The van der Waals surface area contributed by atoms with Crippen LogP contribution < -0.4 is 4.90 Å². The predicted molar refractivity (Wildman–Crippen MR) is 74.7 cm³/mol. The summed E-state index contributed by atoms with van der Waals surface area (Å²) in [7, 11) is 0. The van der Waals surface area contributed by atoms with Crippen molar-refractivity contribution in [1.29, 1.82) is 0 Å². The monoisotopic (exact) mass is 235 g/mol. The first-order valence-corrected chi connectivity index (χ1v) is 6.71. The molecule has 0 amide bonds. The van der Waals surface area contributed by atoms with Gasteiger partial charge in [-0.3, -0.25) is 0 Å². The lowest BCUT2D eigenvalue weighted by Crippen LogP contribution is -2.26. The average Bonchev–Trinajstić information content (AvgIpc) is 2.35. The topological polar surface area (TPSA) is 23.5 Å². The second-order valence-electron chi connectivity index (χ2n) is 4.81. The minimum atomic E-state index is 0.340. The van der Waals surface area contributed by atoms with Crippen molar-refractivity contribution in [3.8, 4) is 5.75 Å². The molecule has 1 atom stereocenters. The normalized spacial score (nSPS) is 12.4. The molecule has 0 spiro atoms. The van der Waals surface area contributed by atoms with Crippen molar-refractivity contribution in [3.05, 3.63) is 24.3 Å². The lowest BCUT2D eigenvalue weighted by Gasteiger charge is -2.25. The number of aromatic hydroxyl groups is 1. The van der Waals surface area contributed by atoms with E-state index in [1.165, 1.54) is 18.5 Å². The lowest BCUT2D eigenvalue weighted by molar-refractivity contribution is 0.475. The first kappa shape index (κ1) is 13.9. The van der Waals surface area contributed by atoms with Crippen LogP contribution in [0, 0.1) is 5.92 Å². The van der Waals surface area contributed by atoms with Crippen molar-refractivity contribution >= 4 is 5.69 Å². The van der Waals surface area contributed by atoms with Gasteiger partial charge in [0.25, 0.3) is 0 Å². The van der Waals surface area contributed by atoms with Crippen molar-refractivity contribution in [2.24, 2.45) is 5.92 Å². The number of rotatable bonds is 7. The maximum atomic E-state index is 9.31. The van der Waals surface area contributed by atoms with Crippen LogP contribution in [-0.4, -0.2) is 18.2 Å². The Kier molecular flexibility index (Phi) is 5.88. The molecule has 0 radical (unpaired) electrons. The first-order chi connectivity index (χ1) is 8.17. The second kappa shape index (κ2) is 7.21. The molecule has 2 heteroatoms. The van der Waals surface area contributed by atoms with Crippen molar-refractivity contribution in [1.82, 2.24) is 0 Å². The van der Waals surface area contributed by atoms with E-state index < -0.39 is 0 Å². The third-order valence-electron chi connectivity index (χ3n) is 3.30. The van der Waals surface area contributed by atoms with E-state index in [0.29, 0.717) is 5.75 Å². The van der Waals surface area contributed by atoms with Crippen LogP contribution in [-0.2, 0) is 0 Å². The van der Waals surface area contributed by atoms with E-state index >= 15 is 0 Å². The Morgan fingerprint density at radius 1 is 1.12 bits per heavy atom. The van der Waals surface area contributed by atoms with Crippen LogP contribution in [0.25, 0.3) is 0 Å². The molecule has 0 aromatic heterocycles. The first-order valence-electron chi connectivity index (χ1n) is 6.71. The SMILES string of the molecule is CCCN(CC[C@H](C)CC)c1ccc(O)cc1. The Morgan fingerprint density at radius 3 is 2.29 bits per heavy atom. The van der Waals surface area contributed by atoms with Crippen molar-refractivity contribution in [2.75, 3.05) is 18.0 Å². The van der Waals surface area contributed by atoms with Gasteiger partial charge < -0.3 is 10.0 Å². The molecule has 0 aliphatic carbocycles. The van der Waals surface area contributed by atoms with Crippen LogP contribution in [0.2, 0.25) is 0 Å². The third kappa shape index (κ3) is 4.68. The summed E-state index contributed by atoms with van der Waals surface area (Å²) in [4.78, 5) is 2.41. The molecule has 0 aliphatic rings. The minimum absolute atomic E-state index is 0.340. The van der Waals surface area contributed by atoms with Gasteiger partial charge in [-0.2, -0.15) is 0 Å². The third-order valence-corrected chi connectivity index (χ3v) is 3.30. The van der Waals surface area contributed by atoms with Crippen LogP contribution in [0.15, 0.2) is 24.3 Å². The molecule has 17 heavy (non-hydrogen) atoms. The molecular formula is C15H25NO. The summed E-state index contributed by atoms with van der Waals surface area (Å²) >= 11 is 0. The fraction of sp³-hybridized carbons (Fsp3) is 0.600. The average molecular weight is 235 g/mol. The van der Waals surface area contributed by atoms with Gasteiger partial charge in [0.05, 0.1) is 0 Å². The van der Waals surface area contributed by atoms with E-state index in [0.717, 1.165) is 25.4 Å². The predicted octanol–water partition coefficient (Wildman–Crippen LogP) is 4.04. The van der Waals surface area contributed by atoms with Crippen LogP contribution in [0.4, 0.5) is 5.69 Å². The number of phenolic OH excluding ortho intramolecular Hbond substituents is 1. The highest BCUT2D eigenvalue weighted by molar-refractivity contribution is 5.48. The van der Waals surface area contributed by atoms with Crippen molar-refractivity contribution in [2.45, 2.75) is 40.0 Å². The lowest BCUT2D eigenvalue weighted by atomic mass is 10.0. The van der Waals surface area contributed by atoms with E-state index in [-0.39, 0.29) is 0 Å². The van der Waals surface area contributed by atoms with Crippen LogP contribution in [0.3, 0.4) is 0 Å². The molecule has 0 heterocycles. The highest BCUT2D eigenvalue weighted by atomic mass is 16.3. The molecule has 0 saturated carbocycles. The van der Waals surface area contributed by atoms with E-state index in [1.807, 2.05) is 12.1 Å². The quantitative estimate of drug-likeness (QED) is 0.771. The number of benzene rings is 1. The maximum Gasteiger partial charge on any atom is 0.115 e. The molecule has 96 valence electrons. The molecule has 1 rings (SSSR count). The second-order valence-corrected chi connectivity index (χ2v) is 4.81. The molecule has 2 nitrogen and oxygen atoms in total. The number of phenols is 1. The molecule has 1 aromatic carbocycles. The Hall–Kier alpha value is -1.18. The fourth-order valence-corrected chi connectivity index (χ4v) is 1.88. The number of hydrogen-bond acceptors (Lipinski definition) is 2. The van der Waals surface area contributed by atoms with Gasteiger partial charge in [0.15, 0.2) is 0 Å². The van der Waals surface area contributed by atoms with Gasteiger partial charge in [-0.15, -0.1) is 0 Å². The zero-order valence-electron chi connectivity index (χ0n) is 11.3. The molecule has 0 saturated heterocycles. The van der Waals surface area contributed by atoms with Gasteiger partial charge in [-0.05, 0) is 43.0 Å². The summed E-state index contributed by atoms with van der Waals surface area (Å²) in [5, 5.41) is 9.31. The zero-order valence-corrected chi connectivity index (χ0v) is 11.3. The summed E-state index contributed by atoms with van der Waals surface area (Å²) in [5.41, 5.74) is 1.22. The van der Waals surface area contributed by atoms with Crippen LogP contribution in [0.5, 0.6) is 5.75 Å². The van der Waals surface area contributed by atoms with Gasteiger partial charge in [-0.1, -0.05) is 27.2 Å². The molecule has 0 fully saturated rings. The summed E-state index contributed by atoms with van der Waals surface area (Å²) < 4.78 is 0. The summed E-state index contributed by atoms with van der Waals surface area (Å²) in [6.07, 6.45) is 3.63. The molecule has 0 aliphatic heterocycles. The molecule has 0 unspecified atom stereocenters.